The van der Waals surface area contributed by atoms with Gasteiger partial charge in [0.05, 0.1) is 17.1 Å². The third-order valence-corrected chi connectivity index (χ3v) is 6.19. The number of imidazole rings is 1. The molecule has 1 aliphatic heterocycles. The Kier molecular flexibility index (Phi) is 3.81. The summed E-state index contributed by atoms with van der Waals surface area (Å²) in [5, 5.41) is 3.51. The van der Waals surface area contributed by atoms with Crippen molar-refractivity contribution in [3.8, 4) is 0 Å². The average molecular weight is 392 g/mol. The number of benzene rings is 2. The Morgan fingerprint density at radius 3 is 2.47 bits per heavy atom. The van der Waals surface area contributed by atoms with Crippen LogP contribution in [0.5, 0.6) is 0 Å². The first-order valence-electron chi connectivity index (χ1n) is 10.2. The second-order valence-corrected chi connectivity index (χ2v) is 7.93. The smallest absolute Gasteiger partial charge is 0.209 e. The molecule has 146 valence electrons. The fourth-order valence-electron chi connectivity index (χ4n) is 4.85. The average Bonchev–Trinajstić information content (AvgIpc) is 3.17. The Labute approximate surface area is 174 Å². The number of nitrogens with zero attached hydrogens (tertiary/aromatic N) is 3. The third-order valence-electron chi connectivity index (χ3n) is 6.19. The maximum atomic E-state index is 13.5. The van der Waals surface area contributed by atoms with Crippen molar-refractivity contribution in [2.24, 2.45) is 0 Å². The van der Waals surface area contributed by atoms with Gasteiger partial charge in [0.25, 0.3) is 0 Å². The van der Waals surface area contributed by atoms with E-state index in [1.807, 2.05) is 48.5 Å². The van der Waals surface area contributed by atoms with Gasteiger partial charge in [0.15, 0.2) is 5.78 Å². The monoisotopic (exact) mass is 392 g/mol. The number of hydrogen-bond donors (Lipinski definition) is 1. The Bertz CT molecular complexity index is 1290. The standard InChI is InChI=1S/C25H20N4O/c30-22-15-18(16-6-2-1-3-7-16)14-20-23(22)24(17-10-12-26-13-11-17)29-21-9-5-4-8-19(21)27-25(29)28-20/h1-13,18,24H,14-15H2,(H,27,28). The number of carbonyl (C=O) groups excluding carboxylic acids is 1. The maximum absolute atomic E-state index is 13.5. The number of hydrogen-bond acceptors (Lipinski definition) is 4. The van der Waals surface area contributed by atoms with Gasteiger partial charge in [-0.2, -0.15) is 0 Å². The molecule has 0 saturated heterocycles. The molecule has 1 aliphatic carbocycles. The summed E-state index contributed by atoms with van der Waals surface area (Å²) < 4.78 is 2.16. The van der Waals surface area contributed by atoms with Gasteiger partial charge in [0.2, 0.25) is 5.95 Å². The number of ketones is 1. The fraction of sp³-hybridized carbons (Fsp3) is 0.160. The summed E-state index contributed by atoms with van der Waals surface area (Å²) in [6.07, 6.45) is 4.90. The van der Waals surface area contributed by atoms with Gasteiger partial charge in [-0.1, -0.05) is 42.5 Å². The van der Waals surface area contributed by atoms with Gasteiger partial charge in [0.1, 0.15) is 0 Å². The van der Waals surface area contributed by atoms with E-state index in [0.29, 0.717) is 6.42 Å². The molecule has 2 unspecified atom stereocenters. The molecule has 0 saturated carbocycles. The Morgan fingerprint density at radius 1 is 0.867 bits per heavy atom. The summed E-state index contributed by atoms with van der Waals surface area (Å²) in [7, 11) is 0. The molecule has 30 heavy (non-hydrogen) atoms. The van der Waals surface area contributed by atoms with E-state index in [-0.39, 0.29) is 17.7 Å². The van der Waals surface area contributed by atoms with E-state index >= 15 is 0 Å². The van der Waals surface area contributed by atoms with Crippen LogP contribution in [0, 0.1) is 0 Å². The summed E-state index contributed by atoms with van der Waals surface area (Å²) in [5.41, 5.74) is 6.04. The van der Waals surface area contributed by atoms with E-state index in [9.17, 15) is 4.79 Å². The maximum Gasteiger partial charge on any atom is 0.209 e. The molecule has 0 bridgehead atoms. The molecule has 3 heterocycles. The highest BCUT2D eigenvalue weighted by molar-refractivity contribution is 6.01. The predicted octanol–water partition coefficient (Wildman–Crippen LogP) is 4.85. The summed E-state index contributed by atoms with van der Waals surface area (Å²) in [4.78, 5) is 22.5. The van der Waals surface area contributed by atoms with Crippen LogP contribution in [-0.2, 0) is 4.79 Å². The minimum absolute atomic E-state index is 0.180. The number of allylic oxidation sites excluding steroid dienone is 2. The van der Waals surface area contributed by atoms with Gasteiger partial charge in [-0.3, -0.25) is 14.3 Å². The molecule has 0 amide bonds. The Morgan fingerprint density at radius 2 is 1.63 bits per heavy atom. The molecule has 4 aromatic rings. The number of para-hydroxylation sites is 2. The number of pyridine rings is 1. The van der Waals surface area contributed by atoms with Crippen LogP contribution in [-0.4, -0.2) is 20.3 Å². The third kappa shape index (κ3) is 2.59. The summed E-state index contributed by atoms with van der Waals surface area (Å²) in [5.74, 6) is 1.17. The second kappa shape index (κ2) is 6.66. The normalized spacial score (nSPS) is 20.6. The number of anilines is 1. The van der Waals surface area contributed by atoms with E-state index < -0.39 is 0 Å². The lowest BCUT2D eigenvalue weighted by molar-refractivity contribution is -0.116. The van der Waals surface area contributed by atoms with Crippen LogP contribution in [0.15, 0.2) is 90.4 Å². The highest BCUT2D eigenvalue weighted by atomic mass is 16.1. The van der Waals surface area contributed by atoms with Gasteiger partial charge in [0, 0.05) is 30.1 Å². The zero-order chi connectivity index (χ0) is 20.1. The zero-order valence-corrected chi connectivity index (χ0v) is 16.3. The number of rotatable bonds is 2. The van der Waals surface area contributed by atoms with Crippen molar-refractivity contribution >= 4 is 22.8 Å². The Balaban J connectivity index is 1.54. The lowest BCUT2D eigenvalue weighted by atomic mass is 9.78. The highest BCUT2D eigenvalue weighted by Crippen LogP contribution is 2.45. The molecule has 5 nitrogen and oxygen atoms in total. The van der Waals surface area contributed by atoms with E-state index in [1.54, 1.807) is 12.4 Å². The van der Waals surface area contributed by atoms with Crippen molar-refractivity contribution < 1.29 is 4.79 Å². The van der Waals surface area contributed by atoms with Gasteiger partial charge < -0.3 is 5.32 Å². The number of carbonyl (C=O) groups is 1. The molecule has 0 spiro atoms. The van der Waals surface area contributed by atoms with Crippen LogP contribution in [0.1, 0.15) is 35.9 Å². The summed E-state index contributed by atoms with van der Waals surface area (Å²) in [6, 6.07) is 22.2. The molecule has 2 atom stereocenters. The molecule has 2 aromatic carbocycles. The minimum atomic E-state index is -0.198. The molecule has 0 radical (unpaired) electrons. The highest BCUT2D eigenvalue weighted by Gasteiger charge is 2.39. The largest absolute Gasteiger partial charge is 0.329 e. The van der Waals surface area contributed by atoms with Gasteiger partial charge in [-0.15, -0.1) is 0 Å². The molecule has 1 N–H and O–H groups in total. The van der Waals surface area contributed by atoms with Crippen molar-refractivity contribution in [2.45, 2.75) is 24.8 Å². The topological polar surface area (TPSA) is 59.8 Å². The van der Waals surface area contributed by atoms with Gasteiger partial charge >= 0.3 is 0 Å². The number of fused-ring (bicyclic) bond motifs is 3. The quantitative estimate of drug-likeness (QED) is 0.530. The van der Waals surface area contributed by atoms with Crippen LogP contribution >= 0.6 is 0 Å². The lowest BCUT2D eigenvalue weighted by Gasteiger charge is -2.36. The van der Waals surface area contributed by atoms with E-state index in [1.165, 1.54) is 5.56 Å². The van der Waals surface area contributed by atoms with Crippen molar-refractivity contribution in [1.82, 2.24) is 14.5 Å². The van der Waals surface area contributed by atoms with Crippen LogP contribution in [0.4, 0.5) is 5.95 Å². The van der Waals surface area contributed by atoms with E-state index in [0.717, 1.165) is 40.2 Å². The summed E-state index contributed by atoms with van der Waals surface area (Å²) in [6.45, 7) is 0. The minimum Gasteiger partial charge on any atom is -0.329 e. The van der Waals surface area contributed by atoms with Crippen molar-refractivity contribution in [1.29, 1.82) is 0 Å². The molecular formula is C25H20N4O. The first-order valence-corrected chi connectivity index (χ1v) is 10.2. The van der Waals surface area contributed by atoms with Crippen LogP contribution in [0.3, 0.4) is 0 Å². The van der Waals surface area contributed by atoms with Crippen LogP contribution in [0.2, 0.25) is 0 Å². The number of aromatic nitrogens is 3. The van der Waals surface area contributed by atoms with Gasteiger partial charge in [-0.05, 0) is 47.7 Å². The lowest BCUT2D eigenvalue weighted by Crippen LogP contribution is -2.33. The van der Waals surface area contributed by atoms with Crippen molar-refractivity contribution in [3.63, 3.8) is 0 Å². The first-order chi connectivity index (χ1) is 14.8. The number of nitrogens with one attached hydrogen (secondary N) is 1. The molecular weight excluding hydrogens is 372 g/mol. The van der Waals surface area contributed by atoms with E-state index in [4.69, 9.17) is 4.98 Å². The molecule has 2 aromatic heterocycles. The van der Waals surface area contributed by atoms with Crippen LogP contribution in [0.25, 0.3) is 11.0 Å². The van der Waals surface area contributed by atoms with Gasteiger partial charge in [-0.25, -0.2) is 4.98 Å². The summed E-state index contributed by atoms with van der Waals surface area (Å²) >= 11 is 0. The number of Topliss-reactive ketones (excluding diaryl/α,β-unsaturated/α-hetero) is 1. The second-order valence-electron chi connectivity index (χ2n) is 7.93. The zero-order valence-electron chi connectivity index (χ0n) is 16.3. The molecule has 5 heteroatoms. The first kappa shape index (κ1) is 17.2. The molecule has 6 rings (SSSR count). The van der Waals surface area contributed by atoms with E-state index in [2.05, 4.69) is 33.1 Å². The fourth-order valence-corrected chi connectivity index (χ4v) is 4.85. The molecule has 2 aliphatic rings. The Hall–Kier alpha value is -3.73. The SMILES string of the molecule is O=C1CC(c2ccccc2)CC2=C1C(c1ccncc1)n1c(nc3ccccc31)N2. The van der Waals surface area contributed by atoms with Crippen LogP contribution < -0.4 is 5.32 Å². The molecule has 0 fully saturated rings. The van der Waals surface area contributed by atoms with Crippen molar-refractivity contribution in [2.75, 3.05) is 5.32 Å². The predicted molar refractivity (Wildman–Crippen MR) is 116 cm³/mol. The van der Waals surface area contributed by atoms with Crippen molar-refractivity contribution in [3.05, 3.63) is 102 Å².